The van der Waals surface area contributed by atoms with Crippen molar-refractivity contribution in [2.75, 3.05) is 11.9 Å². The zero-order chi connectivity index (χ0) is 13.8. The summed E-state index contributed by atoms with van der Waals surface area (Å²) in [5, 5.41) is 3.95. The minimum atomic E-state index is -0.290. The van der Waals surface area contributed by atoms with E-state index in [1.807, 2.05) is 24.3 Å². The fourth-order valence-electron chi connectivity index (χ4n) is 1.76. The third-order valence-corrected chi connectivity index (χ3v) is 3.63. The lowest BCUT2D eigenvalue weighted by Crippen LogP contribution is -2.20. The van der Waals surface area contributed by atoms with Gasteiger partial charge in [0.05, 0.1) is 10.5 Å². The maximum Gasteiger partial charge on any atom is 0.137 e. The molecule has 0 bridgehead atoms. The maximum absolute atomic E-state index is 13.2. The highest BCUT2D eigenvalue weighted by atomic mass is 79.9. The van der Waals surface area contributed by atoms with Crippen molar-refractivity contribution in [2.45, 2.75) is 6.04 Å². The van der Waals surface area contributed by atoms with Crippen LogP contribution >= 0.6 is 27.5 Å². The van der Waals surface area contributed by atoms with E-state index in [-0.39, 0.29) is 11.9 Å². The van der Waals surface area contributed by atoms with Crippen LogP contribution in [0, 0.1) is 5.82 Å². The summed E-state index contributed by atoms with van der Waals surface area (Å²) in [5.41, 5.74) is 7.62. The molecule has 2 aromatic rings. The molecule has 0 saturated heterocycles. The highest BCUT2D eigenvalue weighted by Crippen LogP contribution is 2.24. The Morgan fingerprint density at radius 1 is 1.21 bits per heavy atom. The molecule has 3 N–H and O–H groups in total. The lowest BCUT2D eigenvalue weighted by molar-refractivity contribution is 0.621. The van der Waals surface area contributed by atoms with Crippen molar-refractivity contribution in [3.8, 4) is 0 Å². The molecule has 0 radical (unpaired) electrons. The van der Waals surface area contributed by atoms with Crippen LogP contribution in [0.5, 0.6) is 0 Å². The van der Waals surface area contributed by atoms with Crippen molar-refractivity contribution in [2.24, 2.45) is 5.73 Å². The molecule has 0 aliphatic heterocycles. The Labute approximate surface area is 124 Å². The first-order valence-corrected chi connectivity index (χ1v) is 6.94. The van der Waals surface area contributed by atoms with Gasteiger partial charge in [-0.1, -0.05) is 23.7 Å². The molecule has 2 nitrogen and oxygen atoms in total. The third-order valence-electron chi connectivity index (χ3n) is 2.77. The zero-order valence-electron chi connectivity index (χ0n) is 10.0. The molecule has 0 spiro atoms. The van der Waals surface area contributed by atoms with Crippen molar-refractivity contribution >= 4 is 33.2 Å². The molecule has 5 heteroatoms. The number of nitrogens with one attached hydrogen (secondary N) is 1. The van der Waals surface area contributed by atoms with Gasteiger partial charge in [-0.15, -0.1) is 0 Å². The fourth-order valence-corrected chi connectivity index (χ4v) is 2.27. The van der Waals surface area contributed by atoms with Gasteiger partial charge in [0.1, 0.15) is 5.82 Å². The van der Waals surface area contributed by atoms with E-state index in [0.717, 1.165) is 11.3 Å². The Balaban J connectivity index is 2.18. The molecule has 0 aliphatic carbocycles. The standard InChI is InChI=1S/C14H13BrClFN2/c15-12-7-11(5-6-13(12)17)19-14(8-18)9-1-3-10(16)4-2-9/h1-7,14,19H,8,18H2. The average Bonchev–Trinajstić information content (AvgIpc) is 2.41. The molecule has 1 unspecified atom stereocenters. The van der Waals surface area contributed by atoms with Crippen LogP contribution in [0.25, 0.3) is 0 Å². The van der Waals surface area contributed by atoms with Gasteiger partial charge in [-0.2, -0.15) is 0 Å². The van der Waals surface area contributed by atoms with E-state index in [1.54, 1.807) is 12.1 Å². The van der Waals surface area contributed by atoms with E-state index in [4.69, 9.17) is 17.3 Å². The quantitative estimate of drug-likeness (QED) is 0.866. The van der Waals surface area contributed by atoms with Gasteiger partial charge in [0.2, 0.25) is 0 Å². The van der Waals surface area contributed by atoms with Crippen molar-refractivity contribution in [3.63, 3.8) is 0 Å². The molecular formula is C14H13BrClFN2. The van der Waals surface area contributed by atoms with Crippen LogP contribution in [0.3, 0.4) is 0 Å². The number of rotatable bonds is 4. The van der Waals surface area contributed by atoms with Gasteiger partial charge in [0.15, 0.2) is 0 Å². The summed E-state index contributed by atoms with van der Waals surface area (Å²) in [6.07, 6.45) is 0. The second-order valence-electron chi connectivity index (χ2n) is 4.11. The Morgan fingerprint density at radius 3 is 2.47 bits per heavy atom. The molecule has 0 aliphatic rings. The normalized spacial score (nSPS) is 12.2. The number of halogens is 3. The van der Waals surface area contributed by atoms with Crippen molar-refractivity contribution in [3.05, 3.63) is 63.3 Å². The predicted molar refractivity (Wildman–Crippen MR) is 81.0 cm³/mol. The molecule has 100 valence electrons. The zero-order valence-corrected chi connectivity index (χ0v) is 12.4. The van der Waals surface area contributed by atoms with E-state index >= 15 is 0 Å². The summed E-state index contributed by atoms with van der Waals surface area (Å²) >= 11 is 9.02. The maximum atomic E-state index is 13.2. The number of benzene rings is 2. The van der Waals surface area contributed by atoms with Gasteiger partial charge in [0, 0.05) is 17.3 Å². The Kier molecular flexibility index (Phi) is 4.80. The lowest BCUT2D eigenvalue weighted by Gasteiger charge is -2.19. The van der Waals surface area contributed by atoms with Gasteiger partial charge in [-0.25, -0.2) is 4.39 Å². The summed E-state index contributed by atoms with van der Waals surface area (Å²) in [6.45, 7) is 0.427. The molecule has 2 rings (SSSR count). The van der Waals surface area contributed by atoms with E-state index in [1.165, 1.54) is 6.07 Å². The van der Waals surface area contributed by atoms with Gasteiger partial charge in [0.25, 0.3) is 0 Å². The van der Waals surface area contributed by atoms with Crippen LogP contribution in [0.2, 0.25) is 5.02 Å². The first-order chi connectivity index (χ1) is 9.10. The van der Waals surface area contributed by atoms with E-state index < -0.39 is 0 Å². The highest BCUT2D eigenvalue weighted by Gasteiger charge is 2.10. The van der Waals surface area contributed by atoms with Gasteiger partial charge in [-0.05, 0) is 51.8 Å². The number of nitrogens with two attached hydrogens (primary N) is 1. The van der Waals surface area contributed by atoms with Crippen LogP contribution < -0.4 is 11.1 Å². The summed E-state index contributed by atoms with van der Waals surface area (Å²) < 4.78 is 13.6. The Bertz CT molecular complexity index is 560. The van der Waals surface area contributed by atoms with Crippen molar-refractivity contribution in [1.82, 2.24) is 0 Å². The predicted octanol–water partition coefficient (Wildman–Crippen LogP) is 4.35. The largest absolute Gasteiger partial charge is 0.377 e. The average molecular weight is 344 g/mol. The first kappa shape index (κ1) is 14.3. The smallest absolute Gasteiger partial charge is 0.137 e. The minimum Gasteiger partial charge on any atom is -0.377 e. The third kappa shape index (κ3) is 3.69. The molecule has 2 aromatic carbocycles. The lowest BCUT2D eigenvalue weighted by atomic mass is 10.1. The summed E-state index contributed by atoms with van der Waals surface area (Å²) in [4.78, 5) is 0. The highest BCUT2D eigenvalue weighted by molar-refractivity contribution is 9.10. The molecule has 0 amide bonds. The summed E-state index contributed by atoms with van der Waals surface area (Å²) in [5.74, 6) is -0.290. The van der Waals surface area contributed by atoms with E-state index in [0.29, 0.717) is 16.0 Å². The molecule has 0 fully saturated rings. The van der Waals surface area contributed by atoms with Gasteiger partial charge >= 0.3 is 0 Å². The SMILES string of the molecule is NCC(Nc1ccc(F)c(Br)c1)c1ccc(Cl)cc1. The molecular weight excluding hydrogens is 331 g/mol. The molecule has 0 aromatic heterocycles. The minimum absolute atomic E-state index is 0.0466. The number of hydrogen-bond acceptors (Lipinski definition) is 2. The number of anilines is 1. The summed E-state index contributed by atoms with van der Waals surface area (Å²) in [6, 6.07) is 12.2. The topological polar surface area (TPSA) is 38.0 Å². The second kappa shape index (κ2) is 6.37. The first-order valence-electron chi connectivity index (χ1n) is 5.77. The van der Waals surface area contributed by atoms with Gasteiger partial charge < -0.3 is 11.1 Å². The molecule has 19 heavy (non-hydrogen) atoms. The summed E-state index contributed by atoms with van der Waals surface area (Å²) in [7, 11) is 0. The second-order valence-corrected chi connectivity index (χ2v) is 5.40. The molecule has 0 saturated carbocycles. The van der Waals surface area contributed by atoms with Gasteiger partial charge in [-0.3, -0.25) is 0 Å². The fraction of sp³-hybridized carbons (Fsp3) is 0.143. The van der Waals surface area contributed by atoms with Crippen molar-refractivity contribution in [1.29, 1.82) is 0 Å². The van der Waals surface area contributed by atoms with Crippen molar-refractivity contribution < 1.29 is 4.39 Å². The van der Waals surface area contributed by atoms with Crippen LogP contribution in [-0.4, -0.2) is 6.54 Å². The monoisotopic (exact) mass is 342 g/mol. The van der Waals surface area contributed by atoms with E-state index in [2.05, 4.69) is 21.2 Å². The van der Waals surface area contributed by atoms with E-state index in [9.17, 15) is 4.39 Å². The Morgan fingerprint density at radius 2 is 1.89 bits per heavy atom. The van der Waals surface area contributed by atoms with Crippen LogP contribution in [-0.2, 0) is 0 Å². The van der Waals surface area contributed by atoms with Crippen LogP contribution in [0.1, 0.15) is 11.6 Å². The molecule has 0 heterocycles. The Hall–Kier alpha value is -1.10. The van der Waals surface area contributed by atoms with Crippen LogP contribution in [0.4, 0.5) is 10.1 Å². The number of hydrogen-bond donors (Lipinski definition) is 2. The van der Waals surface area contributed by atoms with Crippen LogP contribution in [0.15, 0.2) is 46.9 Å². The molecule has 1 atom stereocenters.